The second kappa shape index (κ2) is 10.0. The average Bonchev–Trinajstić information content (AvgIpc) is 2.79. The highest BCUT2D eigenvalue weighted by atomic mass is 19.1. The van der Waals surface area contributed by atoms with Gasteiger partial charge >= 0.3 is 0 Å². The molecule has 168 valence electrons. The number of rotatable bonds is 6. The molecule has 0 unspecified atom stereocenters. The predicted molar refractivity (Wildman–Crippen MR) is 126 cm³/mol. The zero-order valence-corrected chi connectivity index (χ0v) is 18.7. The van der Waals surface area contributed by atoms with Crippen molar-refractivity contribution in [2.45, 2.75) is 32.9 Å². The van der Waals surface area contributed by atoms with E-state index in [1.807, 2.05) is 6.08 Å². The lowest BCUT2D eigenvalue weighted by molar-refractivity contribution is -0.120. The second-order valence-electron chi connectivity index (χ2n) is 8.40. The Morgan fingerprint density at radius 3 is 2.81 bits per heavy atom. The lowest BCUT2D eigenvalue weighted by Gasteiger charge is -2.35. The van der Waals surface area contributed by atoms with E-state index in [4.69, 9.17) is 4.74 Å². The van der Waals surface area contributed by atoms with Crippen molar-refractivity contribution in [2.24, 2.45) is 0 Å². The summed E-state index contributed by atoms with van der Waals surface area (Å²) in [6.45, 7) is 7.62. The molecule has 4 rings (SSSR count). The highest BCUT2D eigenvalue weighted by Crippen LogP contribution is 2.27. The minimum absolute atomic E-state index is 0.135. The monoisotopic (exact) mass is 435 g/mol. The molecule has 1 atom stereocenters. The van der Waals surface area contributed by atoms with E-state index in [0.29, 0.717) is 18.2 Å². The van der Waals surface area contributed by atoms with Gasteiger partial charge in [0.05, 0.1) is 19.6 Å². The van der Waals surface area contributed by atoms with E-state index in [0.717, 1.165) is 25.5 Å². The predicted octanol–water partition coefficient (Wildman–Crippen LogP) is 3.94. The van der Waals surface area contributed by atoms with E-state index >= 15 is 0 Å². The van der Waals surface area contributed by atoms with Crippen molar-refractivity contribution in [3.63, 3.8) is 0 Å². The number of carbonyl (C=O) groups is 1. The molecule has 0 bridgehead atoms. The van der Waals surface area contributed by atoms with Crippen molar-refractivity contribution >= 4 is 17.2 Å². The van der Waals surface area contributed by atoms with E-state index in [9.17, 15) is 9.18 Å². The van der Waals surface area contributed by atoms with Crippen LogP contribution in [0.5, 0.6) is 0 Å². The fraction of sp³-hybridized carbons (Fsp3) is 0.346. The number of ether oxygens (including phenoxy) is 1. The molecule has 2 heterocycles. The van der Waals surface area contributed by atoms with Gasteiger partial charge in [0.15, 0.2) is 0 Å². The SMILES string of the molecule is Cc1cc(N2CCOC[C@@H]2C)ccc1C1=CC=C(CC(=O)NCc2ccccc2F)NC1. The molecule has 2 N–H and O–H groups in total. The number of hydrogen-bond acceptors (Lipinski definition) is 4. The number of halogens is 1. The Hall–Kier alpha value is -3.12. The van der Waals surface area contributed by atoms with Crippen LogP contribution in [-0.4, -0.2) is 38.3 Å². The minimum atomic E-state index is -0.306. The van der Waals surface area contributed by atoms with Gasteiger partial charge in [-0.2, -0.15) is 0 Å². The van der Waals surface area contributed by atoms with Crippen LogP contribution in [0, 0.1) is 12.7 Å². The normalized spacial score (nSPS) is 18.5. The Bertz CT molecular complexity index is 1050. The van der Waals surface area contributed by atoms with Crippen LogP contribution >= 0.6 is 0 Å². The van der Waals surface area contributed by atoms with Crippen LogP contribution in [0.2, 0.25) is 0 Å². The Kier molecular flexibility index (Phi) is 6.90. The Morgan fingerprint density at radius 1 is 1.25 bits per heavy atom. The molecule has 2 aliphatic heterocycles. The quantitative estimate of drug-likeness (QED) is 0.722. The molecule has 0 spiro atoms. The summed E-state index contributed by atoms with van der Waals surface area (Å²) in [5, 5.41) is 6.14. The molecule has 0 saturated carbocycles. The van der Waals surface area contributed by atoms with Gasteiger partial charge in [0.2, 0.25) is 5.91 Å². The van der Waals surface area contributed by atoms with E-state index in [2.05, 4.69) is 53.7 Å². The van der Waals surface area contributed by atoms with Crippen LogP contribution in [0.4, 0.5) is 10.1 Å². The number of nitrogens with zero attached hydrogens (tertiary/aromatic N) is 1. The summed E-state index contributed by atoms with van der Waals surface area (Å²) in [5.41, 5.74) is 6.21. The number of dihydropyridines is 1. The molecule has 6 heteroatoms. The number of amides is 1. The summed E-state index contributed by atoms with van der Waals surface area (Å²) in [5.74, 6) is -0.441. The van der Waals surface area contributed by atoms with Gasteiger partial charge in [0.25, 0.3) is 0 Å². The Balaban J connectivity index is 1.37. The molecule has 0 radical (unpaired) electrons. The van der Waals surface area contributed by atoms with Crippen LogP contribution < -0.4 is 15.5 Å². The smallest absolute Gasteiger partial charge is 0.226 e. The highest BCUT2D eigenvalue weighted by molar-refractivity contribution is 5.80. The van der Waals surface area contributed by atoms with Gasteiger partial charge < -0.3 is 20.3 Å². The van der Waals surface area contributed by atoms with Gasteiger partial charge in [0.1, 0.15) is 5.82 Å². The molecular formula is C26H30FN3O2. The van der Waals surface area contributed by atoms with Crippen LogP contribution in [0.3, 0.4) is 0 Å². The molecule has 2 aromatic carbocycles. The van der Waals surface area contributed by atoms with Gasteiger partial charge in [-0.15, -0.1) is 0 Å². The number of nitrogens with one attached hydrogen (secondary N) is 2. The number of anilines is 1. The van der Waals surface area contributed by atoms with Gasteiger partial charge in [-0.05, 0) is 54.8 Å². The summed E-state index contributed by atoms with van der Waals surface area (Å²) in [7, 11) is 0. The Morgan fingerprint density at radius 2 is 2.09 bits per heavy atom. The van der Waals surface area contributed by atoms with Crippen molar-refractivity contribution in [1.82, 2.24) is 10.6 Å². The summed E-state index contributed by atoms with van der Waals surface area (Å²) in [6, 6.07) is 13.5. The minimum Gasteiger partial charge on any atom is -0.384 e. The maximum atomic E-state index is 13.7. The molecular weight excluding hydrogens is 405 g/mol. The highest BCUT2D eigenvalue weighted by Gasteiger charge is 2.20. The number of allylic oxidation sites excluding steroid dienone is 2. The lowest BCUT2D eigenvalue weighted by atomic mass is 9.97. The molecule has 1 fully saturated rings. The van der Waals surface area contributed by atoms with Crippen LogP contribution in [-0.2, 0) is 16.1 Å². The first-order valence-electron chi connectivity index (χ1n) is 11.1. The van der Waals surface area contributed by atoms with Crippen molar-refractivity contribution in [2.75, 3.05) is 31.2 Å². The molecule has 2 aliphatic rings. The number of morpholine rings is 1. The average molecular weight is 436 g/mol. The number of carbonyl (C=O) groups excluding carboxylic acids is 1. The first kappa shape index (κ1) is 22.1. The first-order valence-corrected chi connectivity index (χ1v) is 11.1. The summed E-state index contributed by atoms with van der Waals surface area (Å²) in [4.78, 5) is 14.7. The molecule has 1 amide bonds. The zero-order chi connectivity index (χ0) is 22.5. The second-order valence-corrected chi connectivity index (χ2v) is 8.40. The molecule has 32 heavy (non-hydrogen) atoms. The summed E-state index contributed by atoms with van der Waals surface area (Å²) < 4.78 is 19.2. The molecule has 2 aromatic rings. The van der Waals surface area contributed by atoms with Gasteiger partial charge in [-0.25, -0.2) is 4.39 Å². The van der Waals surface area contributed by atoms with Crippen LogP contribution in [0.25, 0.3) is 5.57 Å². The Labute approximate surface area is 189 Å². The summed E-state index contributed by atoms with van der Waals surface area (Å²) >= 11 is 0. The molecule has 0 aliphatic carbocycles. The first-order chi connectivity index (χ1) is 15.5. The van der Waals surface area contributed by atoms with Crippen LogP contribution in [0.15, 0.2) is 60.3 Å². The molecule has 0 aromatic heterocycles. The van der Waals surface area contributed by atoms with E-state index in [1.54, 1.807) is 18.2 Å². The third kappa shape index (κ3) is 5.19. The van der Waals surface area contributed by atoms with E-state index < -0.39 is 0 Å². The summed E-state index contributed by atoms with van der Waals surface area (Å²) in [6.07, 6.45) is 4.28. The third-order valence-electron chi connectivity index (χ3n) is 6.03. The third-order valence-corrected chi connectivity index (χ3v) is 6.03. The fourth-order valence-corrected chi connectivity index (χ4v) is 4.20. The zero-order valence-electron chi connectivity index (χ0n) is 18.7. The van der Waals surface area contributed by atoms with Gasteiger partial charge in [-0.3, -0.25) is 4.79 Å². The molecule has 1 saturated heterocycles. The van der Waals surface area contributed by atoms with Crippen molar-refractivity contribution in [3.8, 4) is 0 Å². The number of hydrogen-bond donors (Lipinski definition) is 2. The number of aryl methyl sites for hydroxylation is 1. The van der Waals surface area contributed by atoms with Crippen LogP contribution in [0.1, 0.15) is 30.0 Å². The van der Waals surface area contributed by atoms with Crippen molar-refractivity contribution in [3.05, 3.63) is 82.8 Å². The van der Waals surface area contributed by atoms with Gasteiger partial charge in [0, 0.05) is 42.6 Å². The lowest BCUT2D eigenvalue weighted by Crippen LogP contribution is -2.43. The van der Waals surface area contributed by atoms with Crippen molar-refractivity contribution < 1.29 is 13.9 Å². The maximum Gasteiger partial charge on any atom is 0.226 e. The largest absolute Gasteiger partial charge is 0.384 e. The van der Waals surface area contributed by atoms with E-state index in [-0.39, 0.29) is 24.7 Å². The van der Waals surface area contributed by atoms with E-state index in [1.165, 1.54) is 28.5 Å². The topological polar surface area (TPSA) is 53.6 Å². The standard InChI is InChI=1S/C26H30FN3O2/c1-18-13-23(30-11-12-32-17-19(30)2)9-10-24(18)20-7-8-22(28-15-20)14-26(31)29-16-21-5-3-4-6-25(21)27/h3-10,13,19,28H,11-12,14-17H2,1-2H3,(H,29,31)/t19-/m0/s1. The van der Waals surface area contributed by atoms with Gasteiger partial charge in [-0.1, -0.05) is 30.3 Å². The maximum absolute atomic E-state index is 13.7. The van der Waals surface area contributed by atoms with Crippen molar-refractivity contribution in [1.29, 1.82) is 0 Å². The molecule has 5 nitrogen and oxygen atoms in total. The fourth-order valence-electron chi connectivity index (χ4n) is 4.20. The number of benzene rings is 2.